The number of rotatable bonds is 5. The zero-order valence-electron chi connectivity index (χ0n) is 10.0. The molecule has 1 rings (SSSR count). The summed E-state index contributed by atoms with van der Waals surface area (Å²) in [5, 5.41) is 18.4. The van der Waals surface area contributed by atoms with E-state index in [9.17, 15) is 5.11 Å². The fourth-order valence-corrected chi connectivity index (χ4v) is 1.57. The van der Waals surface area contributed by atoms with Crippen LogP contribution in [0, 0.1) is 11.3 Å². The van der Waals surface area contributed by atoms with Crippen molar-refractivity contribution in [2.24, 2.45) is 0 Å². The Morgan fingerprint density at radius 1 is 1.50 bits per heavy atom. The van der Waals surface area contributed by atoms with Crippen molar-refractivity contribution in [3.63, 3.8) is 0 Å². The molecule has 1 aromatic heterocycles. The largest absolute Gasteiger partial charge is 0.449 e. The van der Waals surface area contributed by atoms with Crippen molar-refractivity contribution in [1.29, 1.82) is 5.26 Å². The molecule has 0 fully saturated rings. The van der Waals surface area contributed by atoms with Crippen LogP contribution >= 0.6 is 0 Å². The van der Waals surface area contributed by atoms with Gasteiger partial charge in [0.15, 0.2) is 0 Å². The third-order valence-corrected chi connectivity index (χ3v) is 2.21. The van der Waals surface area contributed by atoms with Gasteiger partial charge in [-0.15, -0.1) is 0 Å². The zero-order chi connectivity index (χ0) is 12.2. The van der Waals surface area contributed by atoms with Crippen molar-refractivity contribution >= 4 is 0 Å². The third kappa shape index (κ3) is 4.05. The Morgan fingerprint density at radius 3 is 2.62 bits per heavy atom. The summed E-state index contributed by atoms with van der Waals surface area (Å²) in [5.74, 6) is 1.08. The van der Waals surface area contributed by atoms with Crippen LogP contribution in [0.4, 0.5) is 0 Å². The summed E-state index contributed by atoms with van der Waals surface area (Å²) in [5.41, 5.74) is -0.722. The second-order valence-corrected chi connectivity index (χ2v) is 4.49. The lowest BCUT2D eigenvalue weighted by molar-refractivity contribution is 0.0333. The Bertz CT molecular complexity index is 371. The summed E-state index contributed by atoms with van der Waals surface area (Å²) in [6.45, 7) is 7.59. The first kappa shape index (κ1) is 12.8. The lowest BCUT2D eigenvalue weighted by atomic mass is 10.1. The molecule has 4 heteroatoms. The first-order valence-corrected chi connectivity index (χ1v) is 5.38. The van der Waals surface area contributed by atoms with E-state index in [1.165, 1.54) is 0 Å². The van der Waals surface area contributed by atoms with Gasteiger partial charge < -0.3 is 9.52 Å². The van der Waals surface area contributed by atoms with Crippen LogP contribution in [0.5, 0.6) is 0 Å². The number of hydrogen-bond donors (Lipinski definition) is 1. The number of nitrogens with zero attached hydrogens (tertiary/aromatic N) is 2. The van der Waals surface area contributed by atoms with E-state index in [0.29, 0.717) is 18.8 Å². The van der Waals surface area contributed by atoms with Gasteiger partial charge in [-0.1, -0.05) is 6.92 Å². The van der Waals surface area contributed by atoms with Gasteiger partial charge in [0.1, 0.15) is 11.8 Å². The first-order chi connectivity index (χ1) is 7.44. The van der Waals surface area contributed by atoms with Gasteiger partial charge in [-0.25, -0.2) is 0 Å². The topological polar surface area (TPSA) is 60.4 Å². The Hall–Kier alpha value is -1.31. The van der Waals surface area contributed by atoms with Crippen LogP contribution < -0.4 is 0 Å². The number of nitriles is 1. The van der Waals surface area contributed by atoms with Gasteiger partial charge in [0.05, 0.1) is 12.1 Å². The monoisotopic (exact) mass is 222 g/mol. The van der Waals surface area contributed by atoms with Crippen LogP contribution in [0.1, 0.15) is 32.3 Å². The highest BCUT2D eigenvalue weighted by atomic mass is 16.3. The van der Waals surface area contributed by atoms with Gasteiger partial charge in [0.2, 0.25) is 5.76 Å². The van der Waals surface area contributed by atoms with E-state index in [1.54, 1.807) is 26.0 Å². The van der Waals surface area contributed by atoms with Gasteiger partial charge in [-0.2, -0.15) is 5.26 Å². The van der Waals surface area contributed by atoms with Crippen molar-refractivity contribution in [2.75, 3.05) is 13.1 Å². The minimum absolute atomic E-state index is 0.328. The van der Waals surface area contributed by atoms with Crippen LogP contribution in [0.15, 0.2) is 16.5 Å². The normalized spacial score (nSPS) is 11.8. The molecule has 0 atom stereocenters. The second kappa shape index (κ2) is 5.15. The van der Waals surface area contributed by atoms with Gasteiger partial charge in [0, 0.05) is 6.54 Å². The van der Waals surface area contributed by atoms with Gasteiger partial charge in [0.25, 0.3) is 0 Å². The minimum Gasteiger partial charge on any atom is -0.449 e. The number of hydrogen-bond acceptors (Lipinski definition) is 4. The number of likely N-dealkylation sites (N-methyl/N-ethyl adjacent to an activating group) is 1. The fraction of sp³-hybridized carbons (Fsp3) is 0.583. The molecule has 1 heterocycles. The highest BCUT2D eigenvalue weighted by Crippen LogP contribution is 2.12. The predicted octanol–water partition coefficient (Wildman–Crippen LogP) is 1.74. The average molecular weight is 222 g/mol. The molecule has 1 N–H and O–H groups in total. The molecular formula is C12H18N2O2. The molecule has 0 saturated carbocycles. The van der Waals surface area contributed by atoms with Gasteiger partial charge in [-0.3, -0.25) is 4.90 Å². The molecular weight excluding hydrogens is 204 g/mol. The number of aliphatic hydroxyl groups is 1. The Morgan fingerprint density at radius 2 is 2.19 bits per heavy atom. The van der Waals surface area contributed by atoms with Crippen LogP contribution in [-0.2, 0) is 6.54 Å². The predicted molar refractivity (Wildman–Crippen MR) is 60.7 cm³/mol. The van der Waals surface area contributed by atoms with E-state index in [4.69, 9.17) is 9.68 Å². The SMILES string of the molecule is CCN(Cc1ccc(C#N)o1)CC(C)(C)O. The highest BCUT2D eigenvalue weighted by Gasteiger charge is 2.18. The molecule has 0 aliphatic rings. The molecule has 0 aliphatic carbocycles. The maximum absolute atomic E-state index is 9.72. The summed E-state index contributed by atoms with van der Waals surface area (Å²) in [4.78, 5) is 2.07. The molecule has 0 bridgehead atoms. The fourth-order valence-electron chi connectivity index (χ4n) is 1.57. The maximum Gasteiger partial charge on any atom is 0.203 e. The summed E-state index contributed by atoms with van der Waals surface area (Å²) in [6, 6.07) is 5.41. The molecule has 0 aliphatic heterocycles. The van der Waals surface area contributed by atoms with Crippen LogP contribution in [0.3, 0.4) is 0 Å². The molecule has 1 aromatic rings. The molecule has 0 radical (unpaired) electrons. The summed E-state index contributed by atoms with van der Waals surface area (Å²) < 4.78 is 5.30. The molecule has 4 nitrogen and oxygen atoms in total. The molecule has 0 unspecified atom stereocenters. The zero-order valence-corrected chi connectivity index (χ0v) is 10.0. The quantitative estimate of drug-likeness (QED) is 0.824. The van der Waals surface area contributed by atoms with E-state index in [-0.39, 0.29) is 0 Å². The summed E-state index contributed by atoms with van der Waals surface area (Å²) >= 11 is 0. The minimum atomic E-state index is -0.722. The lowest BCUT2D eigenvalue weighted by Gasteiger charge is -2.27. The van der Waals surface area contributed by atoms with Crippen LogP contribution in [0.25, 0.3) is 0 Å². The molecule has 88 valence electrons. The Kier molecular flexibility index (Phi) is 4.11. The van der Waals surface area contributed by atoms with Crippen molar-refractivity contribution < 1.29 is 9.52 Å². The van der Waals surface area contributed by atoms with E-state index >= 15 is 0 Å². The van der Waals surface area contributed by atoms with E-state index in [1.807, 2.05) is 13.0 Å². The lowest BCUT2D eigenvalue weighted by Crippen LogP contribution is -2.38. The Balaban J connectivity index is 2.60. The van der Waals surface area contributed by atoms with Crippen molar-refractivity contribution in [1.82, 2.24) is 4.90 Å². The molecule has 0 saturated heterocycles. The van der Waals surface area contributed by atoms with Gasteiger partial charge in [-0.05, 0) is 32.5 Å². The highest BCUT2D eigenvalue weighted by molar-refractivity contribution is 5.19. The van der Waals surface area contributed by atoms with Gasteiger partial charge >= 0.3 is 0 Å². The first-order valence-electron chi connectivity index (χ1n) is 5.38. The average Bonchev–Trinajstić information content (AvgIpc) is 2.62. The smallest absolute Gasteiger partial charge is 0.203 e. The maximum atomic E-state index is 9.72. The van der Waals surface area contributed by atoms with E-state index < -0.39 is 5.60 Å². The van der Waals surface area contributed by atoms with Crippen molar-refractivity contribution in [2.45, 2.75) is 32.9 Å². The van der Waals surface area contributed by atoms with Crippen LogP contribution in [0.2, 0.25) is 0 Å². The summed E-state index contributed by atoms with van der Waals surface area (Å²) in [7, 11) is 0. The molecule has 0 spiro atoms. The summed E-state index contributed by atoms with van der Waals surface area (Å²) in [6.07, 6.45) is 0. The second-order valence-electron chi connectivity index (χ2n) is 4.49. The van der Waals surface area contributed by atoms with E-state index in [2.05, 4.69) is 4.90 Å². The third-order valence-electron chi connectivity index (χ3n) is 2.21. The molecule has 0 amide bonds. The molecule has 0 aromatic carbocycles. The molecule has 16 heavy (non-hydrogen) atoms. The van der Waals surface area contributed by atoms with Crippen LogP contribution in [-0.4, -0.2) is 28.7 Å². The van der Waals surface area contributed by atoms with Crippen molar-refractivity contribution in [3.05, 3.63) is 23.7 Å². The van der Waals surface area contributed by atoms with Crippen molar-refractivity contribution in [3.8, 4) is 6.07 Å². The standard InChI is InChI=1S/C12H18N2O2/c1-4-14(9-12(2,3)15)8-11-6-5-10(7-13)16-11/h5-6,15H,4,8-9H2,1-3H3. The number of furan rings is 1. The Labute approximate surface area is 96.1 Å². The van der Waals surface area contributed by atoms with E-state index in [0.717, 1.165) is 12.3 Å².